The molecule has 0 spiro atoms. The van der Waals surface area contributed by atoms with E-state index in [-0.39, 0.29) is 24.7 Å². The van der Waals surface area contributed by atoms with Crippen LogP contribution in [0.25, 0.3) is 0 Å². The average Bonchev–Trinajstić information content (AvgIpc) is 2.94. The summed E-state index contributed by atoms with van der Waals surface area (Å²) in [6.45, 7) is 3.16. The van der Waals surface area contributed by atoms with Crippen molar-refractivity contribution in [3.63, 3.8) is 0 Å². The minimum atomic E-state index is -0.707. The summed E-state index contributed by atoms with van der Waals surface area (Å²) >= 11 is 0. The highest BCUT2D eigenvalue weighted by atomic mass is 16.5. The molecule has 5 atom stereocenters. The van der Waals surface area contributed by atoms with E-state index in [1.165, 1.54) is 0 Å². The molecule has 2 N–H and O–H groups in total. The van der Waals surface area contributed by atoms with Crippen LogP contribution in [0.15, 0.2) is 0 Å². The summed E-state index contributed by atoms with van der Waals surface area (Å²) in [7, 11) is 1.62. The summed E-state index contributed by atoms with van der Waals surface area (Å²) in [5, 5.41) is 19.3. The van der Waals surface area contributed by atoms with E-state index in [1.54, 1.807) is 7.11 Å². The number of carboxylic acids is 1. The number of aliphatic carboxylic acids is 1. The minimum absolute atomic E-state index is 0.0447. The van der Waals surface area contributed by atoms with Crippen molar-refractivity contribution in [2.24, 2.45) is 5.92 Å². The Balaban J connectivity index is 1.77. The van der Waals surface area contributed by atoms with Crippen molar-refractivity contribution >= 4 is 5.97 Å². The number of nitrogens with zero attached hydrogens (tertiary/aromatic N) is 1. The second kappa shape index (κ2) is 6.85. The quantitative estimate of drug-likeness (QED) is 0.670. The van der Waals surface area contributed by atoms with Gasteiger partial charge in [0.1, 0.15) is 0 Å². The van der Waals surface area contributed by atoms with Crippen LogP contribution in [0.3, 0.4) is 0 Å². The van der Waals surface area contributed by atoms with Gasteiger partial charge in [-0.3, -0.25) is 9.69 Å². The molecule has 6 nitrogen and oxygen atoms in total. The molecule has 20 heavy (non-hydrogen) atoms. The Morgan fingerprint density at radius 3 is 2.75 bits per heavy atom. The number of hydrogen-bond donors (Lipinski definition) is 2. The van der Waals surface area contributed by atoms with E-state index >= 15 is 0 Å². The van der Waals surface area contributed by atoms with Crippen LogP contribution in [0.4, 0.5) is 0 Å². The summed E-state index contributed by atoms with van der Waals surface area (Å²) in [5.41, 5.74) is 0. The lowest BCUT2D eigenvalue weighted by Crippen LogP contribution is -2.40. The van der Waals surface area contributed by atoms with E-state index < -0.39 is 12.1 Å². The minimum Gasteiger partial charge on any atom is -0.481 e. The first-order valence-corrected chi connectivity index (χ1v) is 7.30. The third kappa shape index (κ3) is 3.49. The molecule has 116 valence electrons. The molecule has 2 rings (SSSR count). The molecule has 0 aromatic rings. The van der Waals surface area contributed by atoms with Crippen molar-refractivity contribution in [1.82, 2.24) is 4.90 Å². The molecule has 2 aliphatic heterocycles. The molecular formula is C14H25NO5. The zero-order chi connectivity index (χ0) is 14.7. The largest absolute Gasteiger partial charge is 0.481 e. The van der Waals surface area contributed by atoms with Gasteiger partial charge in [0.2, 0.25) is 0 Å². The van der Waals surface area contributed by atoms with Gasteiger partial charge in [0.05, 0.1) is 31.3 Å². The van der Waals surface area contributed by atoms with E-state index in [0.717, 1.165) is 12.8 Å². The first-order valence-electron chi connectivity index (χ1n) is 7.30. The summed E-state index contributed by atoms with van der Waals surface area (Å²) in [4.78, 5) is 13.3. The number of methoxy groups -OCH3 is 1. The van der Waals surface area contributed by atoms with Gasteiger partial charge in [-0.25, -0.2) is 0 Å². The molecule has 2 aliphatic rings. The summed E-state index contributed by atoms with van der Waals surface area (Å²) < 4.78 is 10.5. The zero-order valence-corrected chi connectivity index (χ0v) is 12.2. The van der Waals surface area contributed by atoms with Crippen molar-refractivity contribution in [3.8, 4) is 0 Å². The van der Waals surface area contributed by atoms with Crippen molar-refractivity contribution in [3.05, 3.63) is 0 Å². The molecule has 0 radical (unpaired) electrons. The van der Waals surface area contributed by atoms with E-state index in [9.17, 15) is 15.0 Å². The Kier molecular flexibility index (Phi) is 5.37. The van der Waals surface area contributed by atoms with Crippen LogP contribution in [-0.2, 0) is 14.3 Å². The summed E-state index contributed by atoms with van der Waals surface area (Å²) in [6, 6.07) is 0.399. The highest BCUT2D eigenvalue weighted by Gasteiger charge is 2.49. The van der Waals surface area contributed by atoms with Crippen LogP contribution in [0.2, 0.25) is 0 Å². The average molecular weight is 287 g/mol. The second-order valence-corrected chi connectivity index (χ2v) is 5.93. The first-order chi connectivity index (χ1) is 9.52. The third-order valence-corrected chi connectivity index (χ3v) is 4.39. The number of aliphatic hydroxyl groups excluding tert-OH is 1. The highest BCUT2D eigenvalue weighted by Crippen LogP contribution is 2.41. The van der Waals surface area contributed by atoms with Gasteiger partial charge in [0.25, 0.3) is 0 Å². The monoisotopic (exact) mass is 287 g/mol. The molecule has 6 heteroatoms. The number of ether oxygens (including phenoxy) is 2. The van der Waals surface area contributed by atoms with Gasteiger partial charge in [0, 0.05) is 25.7 Å². The van der Waals surface area contributed by atoms with E-state index in [1.807, 2.05) is 6.92 Å². The lowest BCUT2D eigenvalue weighted by Gasteiger charge is -2.26. The van der Waals surface area contributed by atoms with Crippen molar-refractivity contribution < 1.29 is 24.5 Å². The van der Waals surface area contributed by atoms with Crippen LogP contribution in [0.1, 0.15) is 26.2 Å². The lowest BCUT2D eigenvalue weighted by molar-refractivity contribution is -0.142. The van der Waals surface area contributed by atoms with Crippen LogP contribution in [0.5, 0.6) is 0 Å². The summed E-state index contributed by atoms with van der Waals surface area (Å²) in [5.74, 6) is -0.976. The topological polar surface area (TPSA) is 79.2 Å². The predicted molar refractivity (Wildman–Crippen MR) is 72.6 cm³/mol. The number of rotatable bonds is 8. The molecule has 0 aliphatic carbocycles. The standard InChI is InChI=1S/C14H25NO5/c1-9(7-19-2)20-8-11(16)6-15-10-3-4-13(15)12(5-10)14(17)18/h9-13,16H,3-8H2,1-2H3,(H,17,18). The fourth-order valence-corrected chi connectivity index (χ4v) is 3.51. The van der Waals surface area contributed by atoms with Gasteiger partial charge < -0.3 is 19.7 Å². The Morgan fingerprint density at radius 1 is 1.40 bits per heavy atom. The van der Waals surface area contributed by atoms with Gasteiger partial charge in [-0.05, 0) is 26.2 Å². The molecule has 5 unspecified atom stereocenters. The van der Waals surface area contributed by atoms with Gasteiger partial charge >= 0.3 is 5.97 Å². The van der Waals surface area contributed by atoms with Crippen LogP contribution in [0, 0.1) is 5.92 Å². The Morgan fingerprint density at radius 2 is 2.15 bits per heavy atom. The smallest absolute Gasteiger partial charge is 0.308 e. The number of carbonyl (C=O) groups is 1. The molecule has 2 bridgehead atoms. The van der Waals surface area contributed by atoms with E-state index in [0.29, 0.717) is 25.6 Å². The predicted octanol–water partition coefficient (Wildman–Crippen LogP) is 0.336. The Bertz CT molecular complexity index is 338. The third-order valence-electron chi connectivity index (χ3n) is 4.39. The lowest BCUT2D eigenvalue weighted by atomic mass is 9.89. The molecule has 2 saturated heterocycles. The van der Waals surface area contributed by atoms with Crippen LogP contribution in [-0.4, -0.2) is 72.2 Å². The maximum atomic E-state index is 11.2. The molecule has 2 fully saturated rings. The SMILES string of the molecule is COCC(C)OCC(O)CN1C2CCC1C(C(=O)O)C2. The Hall–Kier alpha value is -0.690. The van der Waals surface area contributed by atoms with E-state index in [4.69, 9.17) is 9.47 Å². The molecule has 0 saturated carbocycles. The van der Waals surface area contributed by atoms with Crippen LogP contribution >= 0.6 is 0 Å². The maximum Gasteiger partial charge on any atom is 0.308 e. The molecule has 0 amide bonds. The molecular weight excluding hydrogens is 262 g/mol. The fourth-order valence-electron chi connectivity index (χ4n) is 3.51. The molecule has 0 aromatic carbocycles. The number of hydrogen-bond acceptors (Lipinski definition) is 5. The maximum absolute atomic E-state index is 11.2. The van der Waals surface area contributed by atoms with Crippen LogP contribution < -0.4 is 0 Å². The Labute approximate surface area is 119 Å². The van der Waals surface area contributed by atoms with Gasteiger partial charge in [-0.2, -0.15) is 0 Å². The molecule has 2 heterocycles. The van der Waals surface area contributed by atoms with Crippen molar-refractivity contribution in [2.45, 2.75) is 50.5 Å². The van der Waals surface area contributed by atoms with Gasteiger partial charge in [-0.15, -0.1) is 0 Å². The van der Waals surface area contributed by atoms with E-state index in [2.05, 4.69) is 4.90 Å². The van der Waals surface area contributed by atoms with Crippen molar-refractivity contribution in [2.75, 3.05) is 26.9 Å². The zero-order valence-electron chi connectivity index (χ0n) is 12.2. The number of fused-ring (bicyclic) bond motifs is 2. The first kappa shape index (κ1) is 15.7. The summed E-state index contributed by atoms with van der Waals surface area (Å²) in [6.07, 6.45) is 2.06. The second-order valence-electron chi connectivity index (χ2n) is 5.93. The number of carboxylic acid groups (broad SMARTS) is 1. The highest BCUT2D eigenvalue weighted by molar-refractivity contribution is 5.71. The normalized spacial score (nSPS) is 32.5. The van der Waals surface area contributed by atoms with Crippen molar-refractivity contribution in [1.29, 1.82) is 0 Å². The molecule has 0 aromatic heterocycles. The van der Waals surface area contributed by atoms with Gasteiger partial charge in [-0.1, -0.05) is 0 Å². The van der Waals surface area contributed by atoms with Gasteiger partial charge in [0.15, 0.2) is 0 Å². The number of aliphatic hydroxyl groups is 1. The fraction of sp³-hybridized carbons (Fsp3) is 0.929.